The number of likely N-dealkylation sites (N-methyl/N-ethyl adjacent to an activating group) is 1. The summed E-state index contributed by atoms with van der Waals surface area (Å²) in [5.74, 6) is -1.91. The van der Waals surface area contributed by atoms with Crippen LogP contribution in [0, 0.1) is 12.7 Å². The van der Waals surface area contributed by atoms with E-state index in [9.17, 15) is 19.5 Å². The van der Waals surface area contributed by atoms with E-state index in [0.717, 1.165) is 0 Å². The van der Waals surface area contributed by atoms with Crippen LogP contribution in [0.25, 0.3) is 0 Å². The lowest BCUT2D eigenvalue weighted by molar-refractivity contribution is -0.174. The monoisotopic (exact) mass is 602 g/mol. The Kier molecular flexibility index (Phi) is 11.2. The highest BCUT2D eigenvalue weighted by atomic mass is 19.1. The zero-order valence-electron chi connectivity index (χ0n) is 25.9. The van der Waals surface area contributed by atoms with E-state index in [1.165, 1.54) is 31.3 Å². The number of morpholine rings is 1. The van der Waals surface area contributed by atoms with Gasteiger partial charge >= 0.3 is 0 Å². The second-order valence-corrected chi connectivity index (χ2v) is 11.5. The normalized spacial score (nSPS) is 19.2. The lowest BCUT2D eigenvalue weighted by Crippen LogP contribution is -2.65. The molecule has 2 aromatic carbocycles. The van der Waals surface area contributed by atoms with Crippen molar-refractivity contribution in [2.24, 2.45) is 0 Å². The third kappa shape index (κ3) is 7.23. The predicted molar refractivity (Wildman–Crippen MR) is 175 cm³/mol. The van der Waals surface area contributed by atoms with Crippen LogP contribution in [0.4, 0.5) is 10.1 Å². The molecule has 3 rings (SSSR count). The van der Waals surface area contributed by atoms with Crippen molar-refractivity contribution in [3.8, 4) is 0 Å². The molecular formula is C29H33B6FN4O5. The average Bonchev–Trinajstić information content (AvgIpc) is 2.94. The van der Waals surface area contributed by atoms with Crippen molar-refractivity contribution in [3.05, 3.63) is 64.5 Å². The predicted octanol–water partition coefficient (Wildman–Crippen LogP) is -0.431. The Morgan fingerprint density at radius 3 is 2.20 bits per heavy atom. The maximum Gasteiger partial charge on any atom is 0.273 e. The first-order chi connectivity index (χ1) is 20.9. The van der Waals surface area contributed by atoms with Crippen molar-refractivity contribution < 1.29 is 28.6 Å². The highest BCUT2D eigenvalue weighted by Crippen LogP contribution is 2.38. The molecule has 0 aliphatic carbocycles. The number of anilines is 1. The molecule has 9 nitrogen and oxygen atoms in total. The van der Waals surface area contributed by atoms with Gasteiger partial charge in [-0.15, -0.1) is 0 Å². The molecule has 2 aromatic rings. The Labute approximate surface area is 272 Å². The summed E-state index contributed by atoms with van der Waals surface area (Å²) in [5.41, 5.74) is -2.53. The Morgan fingerprint density at radius 2 is 1.64 bits per heavy atom. The van der Waals surface area contributed by atoms with E-state index in [4.69, 9.17) is 51.8 Å². The van der Waals surface area contributed by atoms with E-state index < -0.39 is 39.9 Å². The molecular weight excluding hydrogens is 568 g/mol. The largest absolute Gasteiger partial charge is 0.392 e. The van der Waals surface area contributed by atoms with Gasteiger partial charge in [-0.3, -0.25) is 9.59 Å². The Hall–Kier alpha value is -2.95. The van der Waals surface area contributed by atoms with Crippen molar-refractivity contribution in [1.82, 2.24) is 15.1 Å². The fourth-order valence-corrected chi connectivity index (χ4v) is 5.81. The molecule has 1 aliphatic rings. The van der Waals surface area contributed by atoms with Gasteiger partial charge in [-0.2, -0.15) is 0 Å². The fourth-order valence-electron chi connectivity index (χ4n) is 5.81. The second-order valence-electron chi connectivity index (χ2n) is 11.5. The molecule has 3 N–H and O–H groups in total. The van der Waals surface area contributed by atoms with Crippen molar-refractivity contribution in [1.29, 1.82) is 0 Å². The number of halogens is 1. The molecule has 0 spiro atoms. The van der Waals surface area contributed by atoms with Crippen LogP contribution >= 0.6 is 0 Å². The van der Waals surface area contributed by atoms with Crippen LogP contribution < -0.4 is 10.6 Å². The number of amides is 2. The summed E-state index contributed by atoms with van der Waals surface area (Å²) in [7, 11) is 40.3. The van der Waals surface area contributed by atoms with E-state index in [1.54, 1.807) is 24.0 Å². The van der Waals surface area contributed by atoms with Gasteiger partial charge in [0.25, 0.3) is 5.91 Å². The Balaban J connectivity index is 2.09. The first-order valence-electron chi connectivity index (χ1n) is 14.3. The lowest BCUT2D eigenvalue weighted by atomic mass is 9.53. The molecule has 0 saturated carbocycles. The highest BCUT2D eigenvalue weighted by Gasteiger charge is 2.48. The van der Waals surface area contributed by atoms with Crippen LogP contribution in [0.2, 0.25) is 0 Å². The second kappa shape index (κ2) is 13.8. The summed E-state index contributed by atoms with van der Waals surface area (Å²) in [5, 5.41) is 10.1. The van der Waals surface area contributed by atoms with Crippen molar-refractivity contribution in [2.75, 3.05) is 25.5 Å². The number of carbonyl (C=O) groups is 3. The van der Waals surface area contributed by atoms with Crippen molar-refractivity contribution in [2.45, 2.75) is 67.6 Å². The summed E-state index contributed by atoms with van der Waals surface area (Å²) in [6.45, 7) is 6.01. The van der Waals surface area contributed by atoms with Gasteiger partial charge in [0.05, 0.1) is 59.3 Å². The summed E-state index contributed by atoms with van der Waals surface area (Å²) in [6, 6.07) is 8.94. The number of aldehydes is 1. The van der Waals surface area contributed by atoms with Crippen molar-refractivity contribution >= 4 is 71.4 Å². The van der Waals surface area contributed by atoms with E-state index >= 15 is 4.39 Å². The number of ether oxygens (including phenoxy) is 1. The molecule has 12 radical (unpaired) electrons. The third-order valence-electron chi connectivity index (χ3n) is 7.94. The lowest BCUT2D eigenvalue weighted by Gasteiger charge is -2.48. The first-order valence-corrected chi connectivity index (χ1v) is 14.3. The number of rotatable bonds is 13. The van der Waals surface area contributed by atoms with Gasteiger partial charge in [-0.1, -0.05) is 30.3 Å². The summed E-state index contributed by atoms with van der Waals surface area (Å²) < 4.78 is 22.0. The van der Waals surface area contributed by atoms with Gasteiger partial charge in [-0.05, 0) is 65.1 Å². The summed E-state index contributed by atoms with van der Waals surface area (Å²) >= 11 is 0. The Bertz CT molecular complexity index is 1410. The number of carbonyl (C=O) groups excluding carboxylic acids is 3. The van der Waals surface area contributed by atoms with Crippen LogP contribution in [-0.2, 0) is 35.1 Å². The van der Waals surface area contributed by atoms with Crippen LogP contribution in [0.3, 0.4) is 0 Å². The molecule has 3 unspecified atom stereocenters. The molecule has 1 fully saturated rings. The van der Waals surface area contributed by atoms with Gasteiger partial charge < -0.3 is 35.1 Å². The number of nitrogens with zero attached hydrogens (tertiary/aromatic N) is 2. The zero-order valence-corrected chi connectivity index (χ0v) is 25.9. The maximum absolute atomic E-state index is 16.3. The number of hydrogen-bond acceptors (Lipinski definition) is 7. The quantitative estimate of drug-likeness (QED) is 0.162. The molecule has 45 heavy (non-hydrogen) atoms. The summed E-state index contributed by atoms with van der Waals surface area (Å²) in [4.78, 5) is 38.5. The topological polar surface area (TPSA) is 111 Å². The molecule has 1 saturated heterocycles. The number of hydrogen-bond donors (Lipinski definition) is 3. The van der Waals surface area contributed by atoms with E-state index in [2.05, 4.69) is 10.6 Å². The van der Waals surface area contributed by atoms with E-state index in [1.807, 2.05) is 13.8 Å². The minimum atomic E-state index is -2.64. The van der Waals surface area contributed by atoms with Gasteiger partial charge in [0.15, 0.2) is 0 Å². The fraction of sp³-hybridized carbons (Fsp3) is 0.483. The minimum Gasteiger partial charge on any atom is -0.392 e. The molecule has 224 valence electrons. The SMILES string of the molecule is [B]C([B])(Nc1cccc(C)c1C([B])([B])N(C=O)C(O)(CCC=O)C(=O)NC)c1cccc(C([B])([B])N2CC(C)OC(C)C2)c1F. The smallest absolute Gasteiger partial charge is 0.273 e. The standard InChI is InChI=1S/C29H33B6FN4O5/c1-17-8-5-11-22(23(17)29(34,35)40(16-42)26(44,12-7-13-41)25(43)37-4)38-27(30,31)20-9-6-10-21(24(20)36)28(32,33)39-14-18(2)45-19(3)15-39/h5-6,8-11,13,16,18-19,38,44H,7,12,14-15H2,1-4H3,(H,37,43). The average molecular weight is 601 g/mol. The molecule has 3 atom stereocenters. The molecule has 1 aliphatic heterocycles. The minimum absolute atomic E-state index is 0.0225. The van der Waals surface area contributed by atoms with Gasteiger partial charge in [0.1, 0.15) is 12.1 Å². The van der Waals surface area contributed by atoms with Crippen molar-refractivity contribution in [3.63, 3.8) is 0 Å². The van der Waals surface area contributed by atoms with Crippen LogP contribution in [-0.4, -0.2) is 119 Å². The molecule has 0 aromatic heterocycles. The number of aryl methyl sites for hydroxylation is 1. The zero-order chi connectivity index (χ0) is 34.0. The molecule has 16 heteroatoms. The van der Waals surface area contributed by atoms with Gasteiger partial charge in [0.2, 0.25) is 12.1 Å². The van der Waals surface area contributed by atoms with E-state index in [0.29, 0.717) is 29.8 Å². The maximum atomic E-state index is 16.3. The number of aliphatic hydroxyl groups is 1. The number of nitrogens with one attached hydrogen (secondary N) is 2. The molecule has 2 amide bonds. The van der Waals surface area contributed by atoms with Gasteiger partial charge in [-0.25, -0.2) is 4.39 Å². The number of benzene rings is 2. The summed E-state index contributed by atoms with van der Waals surface area (Å²) in [6.07, 6.45) is -0.671. The Morgan fingerprint density at radius 1 is 1.07 bits per heavy atom. The molecule has 0 bridgehead atoms. The molecule has 1 heterocycles. The highest BCUT2D eigenvalue weighted by molar-refractivity contribution is 6.43. The van der Waals surface area contributed by atoms with Crippen LogP contribution in [0.5, 0.6) is 0 Å². The van der Waals surface area contributed by atoms with Gasteiger partial charge in [0, 0.05) is 38.7 Å². The third-order valence-corrected chi connectivity index (χ3v) is 7.94. The van der Waals surface area contributed by atoms with Crippen LogP contribution in [0.1, 0.15) is 48.9 Å². The van der Waals surface area contributed by atoms with E-state index in [-0.39, 0.29) is 47.4 Å². The first kappa shape index (κ1) is 36.5. The van der Waals surface area contributed by atoms with Crippen LogP contribution in [0.15, 0.2) is 36.4 Å².